The first-order valence-electron chi connectivity index (χ1n) is 10.3. The van der Waals surface area contributed by atoms with Gasteiger partial charge in [-0.15, -0.1) is 0 Å². The second kappa shape index (κ2) is 9.32. The van der Waals surface area contributed by atoms with Gasteiger partial charge in [0.1, 0.15) is 5.69 Å². The molecule has 1 unspecified atom stereocenters. The van der Waals surface area contributed by atoms with Crippen LogP contribution in [0, 0.1) is 5.92 Å². The van der Waals surface area contributed by atoms with Gasteiger partial charge in [-0.3, -0.25) is 4.79 Å². The molecule has 7 nitrogen and oxygen atoms in total. The number of rotatable bonds is 6. The third kappa shape index (κ3) is 5.82. The molecule has 1 heterocycles. The molecule has 1 amide bonds. The highest BCUT2D eigenvalue weighted by Gasteiger charge is 2.42. The van der Waals surface area contributed by atoms with E-state index < -0.39 is 81.8 Å². The molecule has 2 aromatic rings. The topological polar surface area (TPSA) is 110 Å². The summed E-state index contributed by atoms with van der Waals surface area (Å²) < 4.78 is 127. The van der Waals surface area contributed by atoms with E-state index in [4.69, 9.17) is 0 Å². The number of amides is 1. The summed E-state index contributed by atoms with van der Waals surface area (Å²) in [6.07, 6.45) is -8.46. The summed E-state index contributed by atoms with van der Waals surface area (Å²) in [5.74, 6) is -1.59. The Bertz CT molecular complexity index is 1380. The maximum atomic E-state index is 13.0. The summed E-state index contributed by atoms with van der Waals surface area (Å²) in [7, 11) is -8.40. The Balaban J connectivity index is 1.72. The molecule has 1 atom stereocenters. The predicted octanol–water partition coefficient (Wildman–Crippen LogP) is 3.89. The Hall–Kier alpha value is -2.68. The first kappa shape index (κ1) is 27.9. The van der Waals surface area contributed by atoms with Gasteiger partial charge in [-0.1, -0.05) is 6.07 Å². The fraction of sp³-hybridized carbons (Fsp3) is 0.429. The molecule has 1 fully saturated rings. The molecule has 1 aliphatic rings. The zero-order chi connectivity index (χ0) is 27.3. The Morgan fingerprint density at radius 1 is 1.00 bits per heavy atom. The number of aromatic nitrogens is 1. The molecular weight excluding hydrogens is 538 g/mol. The predicted molar refractivity (Wildman–Crippen MR) is 114 cm³/mol. The number of nitrogens with zero attached hydrogens (tertiary/aromatic N) is 1. The number of pyridine rings is 1. The summed E-state index contributed by atoms with van der Waals surface area (Å²) in [5, 5.41) is 1.33. The minimum atomic E-state index is -4.89. The van der Waals surface area contributed by atoms with Crippen molar-refractivity contribution in [1.29, 1.82) is 0 Å². The zero-order valence-corrected chi connectivity index (χ0v) is 20.3. The molecule has 198 valence electrons. The Morgan fingerprint density at radius 3 is 2.11 bits per heavy atom. The number of carbonyl (C=O) groups excluding carboxylic acids is 1. The zero-order valence-electron chi connectivity index (χ0n) is 18.7. The first-order valence-corrected chi connectivity index (χ1v) is 13.7. The molecule has 0 bridgehead atoms. The third-order valence-electron chi connectivity index (χ3n) is 5.95. The number of carbonyl (C=O) groups is 1. The molecule has 0 saturated heterocycles. The summed E-state index contributed by atoms with van der Waals surface area (Å²) >= 11 is 0. The van der Waals surface area contributed by atoms with Crippen LogP contribution in [0.4, 0.5) is 26.3 Å². The largest absolute Gasteiger partial charge is 0.417 e. The van der Waals surface area contributed by atoms with Crippen LogP contribution in [-0.2, 0) is 32.0 Å². The lowest BCUT2D eigenvalue weighted by Crippen LogP contribution is -2.49. The van der Waals surface area contributed by atoms with Crippen molar-refractivity contribution in [2.24, 2.45) is 5.92 Å². The molecule has 1 aliphatic carbocycles. The van der Waals surface area contributed by atoms with E-state index in [9.17, 15) is 48.0 Å². The van der Waals surface area contributed by atoms with E-state index in [-0.39, 0.29) is 12.8 Å². The Kier molecular flexibility index (Phi) is 7.22. The van der Waals surface area contributed by atoms with Gasteiger partial charge in [0.2, 0.25) is 0 Å². The summed E-state index contributed by atoms with van der Waals surface area (Å²) in [4.78, 5) is 14.5. The lowest BCUT2D eigenvalue weighted by molar-refractivity contribution is -0.138. The van der Waals surface area contributed by atoms with Crippen molar-refractivity contribution in [3.05, 3.63) is 53.3 Å². The highest BCUT2D eigenvalue weighted by Crippen LogP contribution is 2.38. The lowest BCUT2D eigenvalue weighted by Gasteiger charge is -2.39. The van der Waals surface area contributed by atoms with E-state index in [1.165, 1.54) is 6.92 Å². The van der Waals surface area contributed by atoms with Crippen molar-refractivity contribution < 1.29 is 48.0 Å². The van der Waals surface area contributed by atoms with Crippen LogP contribution < -0.4 is 5.32 Å². The number of alkyl halides is 6. The van der Waals surface area contributed by atoms with E-state index in [1.807, 2.05) is 0 Å². The van der Waals surface area contributed by atoms with Gasteiger partial charge in [0.25, 0.3) is 5.91 Å². The third-order valence-corrected chi connectivity index (χ3v) is 9.33. The van der Waals surface area contributed by atoms with Gasteiger partial charge >= 0.3 is 12.4 Å². The second-order valence-corrected chi connectivity index (χ2v) is 12.8. The fourth-order valence-corrected chi connectivity index (χ4v) is 6.34. The summed E-state index contributed by atoms with van der Waals surface area (Å²) in [6.45, 7) is 1.33. The SMILES string of the molecule is CC([C@H]1C[C@H](NC(=O)c2ncc(C(F)(F)F)cc2S(C)(=O)=O)C1)S(=O)(=O)c1cccc(C(F)(F)F)c1. The molecule has 0 radical (unpaired) electrons. The van der Waals surface area contributed by atoms with Gasteiger partial charge in [-0.05, 0) is 49.9 Å². The monoisotopic (exact) mass is 558 g/mol. The van der Waals surface area contributed by atoms with Crippen LogP contribution >= 0.6 is 0 Å². The molecule has 3 rings (SSSR count). The van der Waals surface area contributed by atoms with Crippen molar-refractivity contribution in [2.45, 2.75) is 53.2 Å². The van der Waals surface area contributed by atoms with E-state index in [0.717, 1.165) is 18.2 Å². The van der Waals surface area contributed by atoms with Crippen LogP contribution in [-0.4, -0.2) is 45.3 Å². The molecule has 0 spiro atoms. The fourth-order valence-electron chi connectivity index (χ4n) is 3.79. The maximum Gasteiger partial charge on any atom is 0.417 e. The number of hydrogen-bond acceptors (Lipinski definition) is 6. The van der Waals surface area contributed by atoms with E-state index in [0.29, 0.717) is 24.6 Å². The van der Waals surface area contributed by atoms with Gasteiger partial charge in [-0.2, -0.15) is 26.3 Å². The first-order chi connectivity index (χ1) is 16.3. The molecular formula is C21H20F6N2O5S2. The van der Waals surface area contributed by atoms with Crippen LogP contribution in [0.5, 0.6) is 0 Å². The van der Waals surface area contributed by atoms with Crippen molar-refractivity contribution in [3.8, 4) is 0 Å². The molecule has 1 aromatic heterocycles. The highest BCUT2D eigenvalue weighted by atomic mass is 32.2. The van der Waals surface area contributed by atoms with Crippen LogP contribution in [0.25, 0.3) is 0 Å². The quantitative estimate of drug-likeness (QED) is 0.539. The second-order valence-electron chi connectivity index (χ2n) is 8.52. The molecule has 36 heavy (non-hydrogen) atoms. The van der Waals surface area contributed by atoms with E-state index >= 15 is 0 Å². The minimum absolute atomic E-state index is 0.0972. The van der Waals surface area contributed by atoms with Crippen molar-refractivity contribution in [2.75, 3.05) is 6.26 Å². The Morgan fingerprint density at radius 2 is 1.58 bits per heavy atom. The van der Waals surface area contributed by atoms with Crippen LogP contribution in [0.1, 0.15) is 41.4 Å². The standard InChI is InChI=1S/C21H20F6N2O5S2/c1-11(36(33,34)16-5-3-4-13(8-16)20(22,23)24)12-6-15(7-12)29-19(30)18-17(35(2,31)32)9-14(10-28-18)21(25,26)27/h3-5,8-12,15H,6-7H2,1-2H3,(H,29,30)/t11?,12-,15-. The van der Waals surface area contributed by atoms with Gasteiger partial charge < -0.3 is 5.32 Å². The summed E-state index contributed by atoms with van der Waals surface area (Å²) in [5.41, 5.74) is -3.20. The van der Waals surface area contributed by atoms with Crippen LogP contribution in [0.2, 0.25) is 0 Å². The Labute approximate surface area is 202 Å². The number of halogens is 6. The van der Waals surface area contributed by atoms with Gasteiger partial charge in [0, 0.05) is 18.5 Å². The van der Waals surface area contributed by atoms with Crippen molar-refractivity contribution >= 4 is 25.6 Å². The van der Waals surface area contributed by atoms with Crippen molar-refractivity contribution in [1.82, 2.24) is 10.3 Å². The van der Waals surface area contributed by atoms with Gasteiger partial charge in [-0.25, -0.2) is 21.8 Å². The van der Waals surface area contributed by atoms with Crippen LogP contribution in [0.15, 0.2) is 46.3 Å². The van der Waals surface area contributed by atoms with Gasteiger partial charge in [0.15, 0.2) is 19.7 Å². The number of hydrogen-bond donors (Lipinski definition) is 1. The summed E-state index contributed by atoms with van der Waals surface area (Å²) in [6, 6.07) is 3.01. The average molecular weight is 559 g/mol. The molecule has 0 aliphatic heterocycles. The molecule has 1 saturated carbocycles. The molecule has 15 heteroatoms. The number of benzene rings is 1. The van der Waals surface area contributed by atoms with Crippen LogP contribution in [0.3, 0.4) is 0 Å². The van der Waals surface area contributed by atoms with Crippen molar-refractivity contribution in [3.63, 3.8) is 0 Å². The smallest absolute Gasteiger partial charge is 0.348 e. The van der Waals surface area contributed by atoms with E-state index in [1.54, 1.807) is 0 Å². The molecule has 1 aromatic carbocycles. The number of sulfone groups is 2. The number of nitrogens with one attached hydrogen (secondary N) is 1. The molecule has 1 N–H and O–H groups in total. The normalized spacial score (nSPS) is 19.9. The minimum Gasteiger partial charge on any atom is -0.348 e. The lowest BCUT2D eigenvalue weighted by atomic mass is 9.78. The maximum absolute atomic E-state index is 13.0. The van der Waals surface area contributed by atoms with Gasteiger partial charge in [0.05, 0.1) is 26.2 Å². The average Bonchev–Trinajstić information content (AvgIpc) is 2.73. The van der Waals surface area contributed by atoms with E-state index in [2.05, 4.69) is 10.3 Å². The highest BCUT2D eigenvalue weighted by molar-refractivity contribution is 7.92.